The first-order valence-corrected chi connectivity index (χ1v) is 21.5. The number of aliphatic hydroxyl groups is 1. The van der Waals surface area contributed by atoms with Gasteiger partial charge in [-0.25, -0.2) is 9.97 Å². The number of likely N-dealkylation sites (N-methyl/N-ethyl adjacent to an activating group) is 1. The summed E-state index contributed by atoms with van der Waals surface area (Å²) in [6.07, 6.45) is 10.6. The molecule has 1 heterocycles. The van der Waals surface area contributed by atoms with Gasteiger partial charge in [0.1, 0.15) is 11.9 Å². The maximum atomic E-state index is 14.3. The Hall–Kier alpha value is -2.69. The van der Waals surface area contributed by atoms with Crippen LogP contribution in [0.5, 0.6) is 0 Å². The zero-order valence-electron chi connectivity index (χ0n) is 36.4. The molecule has 0 unspecified atom stereocenters. The average Bonchev–Trinajstić information content (AvgIpc) is 3.42. The molecule has 1 aromatic rings. The minimum atomic E-state index is -1.17. The molecule has 0 bridgehead atoms. The van der Waals surface area contributed by atoms with Gasteiger partial charge >= 0.3 is 11.9 Å². The van der Waals surface area contributed by atoms with Crippen LogP contribution in [-0.4, -0.2) is 93.6 Å². The van der Waals surface area contributed by atoms with Crippen LogP contribution in [0, 0.1) is 56.2 Å². The van der Waals surface area contributed by atoms with Crippen molar-refractivity contribution in [3.05, 3.63) is 35.4 Å². The number of aliphatic hydroxyl groups excluding tert-OH is 1. The summed E-state index contributed by atoms with van der Waals surface area (Å²) < 4.78 is 6.19. The number of carbonyl (C=O) groups excluding carboxylic acids is 2. The molecule has 10 heteroatoms. The van der Waals surface area contributed by atoms with E-state index in [2.05, 4.69) is 82.3 Å². The van der Waals surface area contributed by atoms with Crippen molar-refractivity contribution < 1.29 is 29.3 Å². The summed E-state index contributed by atoms with van der Waals surface area (Å²) >= 11 is 0. The number of aromatic nitrogens is 2. The number of carbonyl (C=O) groups is 3. The van der Waals surface area contributed by atoms with Gasteiger partial charge in [0, 0.05) is 49.3 Å². The van der Waals surface area contributed by atoms with E-state index in [1.165, 1.54) is 5.57 Å². The van der Waals surface area contributed by atoms with Crippen LogP contribution in [-0.2, 0) is 25.7 Å². The Balaban J connectivity index is 1.29. The maximum Gasteiger partial charge on any atom is 0.309 e. The predicted molar refractivity (Wildman–Crippen MR) is 217 cm³/mol. The molecule has 56 heavy (non-hydrogen) atoms. The Bertz CT molecular complexity index is 1690. The molecule has 0 spiro atoms. The van der Waals surface area contributed by atoms with E-state index in [1.807, 2.05) is 6.07 Å². The van der Waals surface area contributed by atoms with E-state index in [1.54, 1.807) is 26.2 Å². The lowest BCUT2D eigenvalue weighted by atomic mass is 9.33. The second-order valence-corrected chi connectivity index (χ2v) is 21.3. The minimum Gasteiger partial charge on any atom is -0.481 e. The Morgan fingerprint density at radius 2 is 1.61 bits per heavy atom. The first-order chi connectivity index (χ1) is 26.0. The number of nitrogens with zero attached hydrogens (tertiary/aromatic N) is 4. The largest absolute Gasteiger partial charge is 0.481 e. The van der Waals surface area contributed by atoms with Crippen LogP contribution in [0.4, 0.5) is 0 Å². The van der Waals surface area contributed by atoms with Crippen molar-refractivity contribution in [1.82, 2.24) is 19.8 Å². The van der Waals surface area contributed by atoms with E-state index < -0.39 is 28.9 Å². The number of ketones is 1. The summed E-state index contributed by atoms with van der Waals surface area (Å²) in [5, 5.41) is 22.3. The highest BCUT2D eigenvalue weighted by molar-refractivity contribution is 6.00. The standard InChI is InChI=1S/C46H72N4O6/c1-29(2)38-31(51)25-46(34(52)27-50(24-23-49(10)11)28-36-47-21-12-22-48-36)20-19-44(8)30(39(38)46)13-14-33-43(7)17-16-35(56-37(53)26-41(3,4)40(54)55)42(5,6)32(43)15-18-45(33,44)9/h12,21-22,29-30,32-35,52H,13-20,23-28H2,1-11H3,(H,54,55)/t30-,32+,33-,34+,35-,43+,44-,45-,46+/m1/s1. The molecule has 4 saturated carbocycles. The minimum absolute atomic E-state index is 0.0342. The van der Waals surface area contributed by atoms with Gasteiger partial charge in [-0.15, -0.1) is 0 Å². The van der Waals surface area contributed by atoms with Crippen molar-refractivity contribution in [2.45, 2.75) is 145 Å². The molecule has 6 rings (SSSR count). The molecule has 0 aliphatic heterocycles. The lowest BCUT2D eigenvalue weighted by Crippen LogP contribution is -2.66. The van der Waals surface area contributed by atoms with Gasteiger partial charge in [-0.3, -0.25) is 19.3 Å². The predicted octanol–water partition coefficient (Wildman–Crippen LogP) is 7.59. The van der Waals surface area contributed by atoms with E-state index in [4.69, 9.17) is 4.74 Å². The van der Waals surface area contributed by atoms with Crippen LogP contribution in [0.25, 0.3) is 0 Å². The molecule has 0 saturated heterocycles. The van der Waals surface area contributed by atoms with Gasteiger partial charge in [0.25, 0.3) is 0 Å². The van der Waals surface area contributed by atoms with Crippen LogP contribution in [0.15, 0.2) is 29.6 Å². The van der Waals surface area contributed by atoms with E-state index in [0.29, 0.717) is 31.3 Å². The third kappa shape index (κ3) is 7.09. The summed E-state index contributed by atoms with van der Waals surface area (Å²) in [6, 6.07) is 1.83. The van der Waals surface area contributed by atoms with Crippen LogP contribution < -0.4 is 0 Å². The normalized spacial score (nSPS) is 35.9. The molecule has 10 nitrogen and oxygen atoms in total. The maximum absolute atomic E-state index is 14.3. The highest BCUT2D eigenvalue weighted by atomic mass is 16.5. The van der Waals surface area contributed by atoms with Crippen LogP contribution in [0.3, 0.4) is 0 Å². The molecule has 5 aliphatic carbocycles. The first-order valence-electron chi connectivity index (χ1n) is 21.5. The van der Waals surface area contributed by atoms with Crippen LogP contribution in [0.2, 0.25) is 0 Å². The summed E-state index contributed by atoms with van der Waals surface area (Å²) in [5.74, 6) is 0.708. The average molecular weight is 777 g/mol. The highest BCUT2D eigenvalue weighted by Gasteiger charge is 2.71. The fourth-order valence-corrected chi connectivity index (χ4v) is 13.5. The fraction of sp³-hybridized carbons (Fsp3) is 0.804. The molecule has 1 aromatic heterocycles. The van der Waals surface area contributed by atoms with Gasteiger partial charge in [0.2, 0.25) is 0 Å². The lowest BCUT2D eigenvalue weighted by molar-refractivity contribution is -0.235. The van der Waals surface area contributed by atoms with Gasteiger partial charge in [-0.2, -0.15) is 0 Å². The third-order valence-electron chi connectivity index (χ3n) is 16.8. The lowest BCUT2D eigenvalue weighted by Gasteiger charge is -2.72. The first kappa shape index (κ1) is 42.9. The summed E-state index contributed by atoms with van der Waals surface area (Å²) in [4.78, 5) is 52.7. The Morgan fingerprint density at radius 1 is 0.929 bits per heavy atom. The Labute approximate surface area is 336 Å². The van der Waals surface area contributed by atoms with Gasteiger partial charge in [-0.1, -0.05) is 54.0 Å². The summed E-state index contributed by atoms with van der Waals surface area (Å²) in [5.41, 5.74) is 0.328. The molecule has 0 radical (unpaired) electrons. The number of carboxylic acid groups (broad SMARTS) is 1. The number of hydrogen-bond acceptors (Lipinski definition) is 9. The number of rotatable bonds is 13. The molecular weight excluding hydrogens is 705 g/mol. The van der Waals surface area contributed by atoms with Crippen molar-refractivity contribution in [3.8, 4) is 0 Å². The smallest absolute Gasteiger partial charge is 0.309 e. The molecule has 5 aliphatic rings. The number of hydrogen-bond donors (Lipinski definition) is 2. The topological polar surface area (TPSA) is 133 Å². The van der Waals surface area contributed by atoms with E-state index in [0.717, 1.165) is 75.9 Å². The number of esters is 1. The number of Topliss-reactive ketones (excluding diaryl/α,β-unsaturated/α-hetero) is 1. The molecule has 4 fully saturated rings. The van der Waals surface area contributed by atoms with Crippen molar-refractivity contribution in [2.75, 3.05) is 33.7 Å². The second-order valence-electron chi connectivity index (χ2n) is 21.3. The summed E-state index contributed by atoms with van der Waals surface area (Å²) in [7, 11) is 4.13. The molecule has 0 amide bonds. The molecular formula is C46H72N4O6. The molecule has 0 aromatic carbocycles. The van der Waals surface area contributed by atoms with E-state index in [-0.39, 0.29) is 51.8 Å². The van der Waals surface area contributed by atoms with Gasteiger partial charge < -0.3 is 19.8 Å². The van der Waals surface area contributed by atoms with Gasteiger partial charge in [0.05, 0.1) is 24.5 Å². The summed E-state index contributed by atoms with van der Waals surface area (Å²) in [6.45, 7) is 22.3. The monoisotopic (exact) mass is 777 g/mol. The zero-order chi connectivity index (χ0) is 41.2. The van der Waals surface area contributed by atoms with Crippen molar-refractivity contribution in [1.29, 1.82) is 0 Å². The van der Waals surface area contributed by atoms with Gasteiger partial charge in [0.15, 0.2) is 5.78 Å². The van der Waals surface area contributed by atoms with Crippen LogP contribution >= 0.6 is 0 Å². The molecule has 2 N–H and O–H groups in total. The highest BCUT2D eigenvalue weighted by Crippen LogP contribution is 2.77. The fourth-order valence-electron chi connectivity index (χ4n) is 13.5. The third-order valence-corrected chi connectivity index (χ3v) is 16.8. The Kier molecular flexibility index (Phi) is 11.6. The number of aliphatic carboxylic acids is 1. The quantitative estimate of drug-likeness (QED) is 0.193. The zero-order valence-corrected chi connectivity index (χ0v) is 36.4. The number of fused-ring (bicyclic) bond motifs is 7. The molecule has 312 valence electrons. The second kappa shape index (κ2) is 15.2. The van der Waals surface area contributed by atoms with Gasteiger partial charge in [-0.05, 0) is 131 Å². The van der Waals surface area contributed by atoms with Crippen molar-refractivity contribution in [2.24, 2.45) is 56.2 Å². The van der Waals surface area contributed by atoms with E-state index in [9.17, 15) is 24.6 Å². The SMILES string of the molecule is CC(C)C1=C2[C@H]3CC[C@@H]4[C@@]5(C)CC[C@@H](OC(=O)CC(C)(C)C(=O)O)C(C)(C)[C@@H]5CC[C@@]4(C)[C@]3(C)CC[C@@]2([C@@H](O)CN(CCN(C)C)Cc2ncccn2)CC1=O. The number of allylic oxidation sites excluding steroid dienone is 1. The van der Waals surface area contributed by atoms with Crippen molar-refractivity contribution in [3.63, 3.8) is 0 Å². The number of carboxylic acids is 1. The van der Waals surface area contributed by atoms with Crippen LogP contribution in [0.1, 0.15) is 132 Å². The number of ether oxygens (including phenoxy) is 1. The van der Waals surface area contributed by atoms with E-state index >= 15 is 0 Å². The van der Waals surface area contributed by atoms with Crippen molar-refractivity contribution >= 4 is 17.7 Å². The Morgan fingerprint density at radius 3 is 2.23 bits per heavy atom. The molecule has 9 atom stereocenters.